The lowest BCUT2D eigenvalue weighted by atomic mass is 10.1. The maximum Gasteiger partial charge on any atom is 0.135 e. The average molecular weight is 249 g/mol. The molecule has 1 aliphatic rings. The first-order valence-electron chi connectivity index (χ1n) is 5.90. The van der Waals surface area contributed by atoms with Crippen molar-refractivity contribution in [2.45, 2.75) is 25.4 Å². The molecule has 0 fully saturated rings. The molecule has 0 spiro atoms. The molecule has 1 aliphatic heterocycles. The number of aromatic nitrogens is 2. The highest BCUT2D eigenvalue weighted by Crippen LogP contribution is 2.25. The van der Waals surface area contributed by atoms with E-state index in [1.54, 1.807) is 6.20 Å². The van der Waals surface area contributed by atoms with Crippen molar-refractivity contribution in [3.8, 4) is 11.3 Å². The molecular formula is C13H13F2N3. The number of benzene rings is 1. The zero-order chi connectivity index (χ0) is 12.7. The van der Waals surface area contributed by atoms with Crippen molar-refractivity contribution in [2.24, 2.45) is 5.73 Å². The fraction of sp³-hybridized carbons (Fsp3) is 0.308. The van der Waals surface area contributed by atoms with Gasteiger partial charge in [-0.3, -0.25) is 0 Å². The van der Waals surface area contributed by atoms with Gasteiger partial charge in [0.25, 0.3) is 0 Å². The molecule has 3 nitrogen and oxygen atoms in total. The van der Waals surface area contributed by atoms with Crippen molar-refractivity contribution in [1.29, 1.82) is 0 Å². The molecular weight excluding hydrogens is 236 g/mol. The van der Waals surface area contributed by atoms with Crippen LogP contribution in [0.5, 0.6) is 0 Å². The maximum atomic E-state index is 13.7. The smallest absolute Gasteiger partial charge is 0.135 e. The number of imidazole rings is 1. The van der Waals surface area contributed by atoms with Crippen LogP contribution in [0, 0.1) is 11.6 Å². The molecule has 94 valence electrons. The summed E-state index contributed by atoms with van der Waals surface area (Å²) in [6.45, 7) is 0.700. The van der Waals surface area contributed by atoms with Crippen LogP contribution in [0.3, 0.4) is 0 Å². The number of nitrogens with two attached hydrogens (primary N) is 1. The average Bonchev–Trinajstić information content (AvgIpc) is 2.71. The molecule has 2 heterocycles. The Labute approximate surface area is 103 Å². The van der Waals surface area contributed by atoms with E-state index in [0.29, 0.717) is 17.8 Å². The fourth-order valence-electron chi connectivity index (χ4n) is 2.30. The van der Waals surface area contributed by atoms with Crippen LogP contribution in [0.1, 0.15) is 12.2 Å². The zero-order valence-electron chi connectivity index (χ0n) is 9.74. The van der Waals surface area contributed by atoms with Crippen molar-refractivity contribution in [3.05, 3.63) is 41.9 Å². The Morgan fingerprint density at radius 1 is 1.33 bits per heavy atom. The number of rotatable bonds is 1. The van der Waals surface area contributed by atoms with E-state index in [1.165, 1.54) is 12.1 Å². The number of fused-ring (bicyclic) bond motifs is 1. The summed E-state index contributed by atoms with van der Waals surface area (Å²) in [5.74, 6) is -0.257. The van der Waals surface area contributed by atoms with Crippen LogP contribution in [-0.2, 0) is 13.0 Å². The SMILES string of the molecule is N[C@@H]1CCc2nc(-c3ccc(F)cc3F)cn2C1. The predicted molar refractivity (Wildman–Crippen MR) is 63.9 cm³/mol. The fourth-order valence-corrected chi connectivity index (χ4v) is 2.30. The van der Waals surface area contributed by atoms with E-state index in [4.69, 9.17) is 5.73 Å². The highest BCUT2D eigenvalue weighted by molar-refractivity contribution is 5.59. The summed E-state index contributed by atoms with van der Waals surface area (Å²) in [5.41, 5.74) is 6.74. The van der Waals surface area contributed by atoms with Gasteiger partial charge in [0.1, 0.15) is 17.5 Å². The first-order chi connectivity index (χ1) is 8.63. The molecule has 3 rings (SSSR count). The van der Waals surface area contributed by atoms with Crippen LogP contribution in [-0.4, -0.2) is 15.6 Å². The summed E-state index contributed by atoms with van der Waals surface area (Å²) in [6.07, 6.45) is 3.47. The van der Waals surface area contributed by atoms with Gasteiger partial charge < -0.3 is 10.3 Å². The van der Waals surface area contributed by atoms with E-state index >= 15 is 0 Å². The molecule has 0 saturated carbocycles. The van der Waals surface area contributed by atoms with Crippen LogP contribution < -0.4 is 5.73 Å². The molecule has 0 amide bonds. The second-order valence-electron chi connectivity index (χ2n) is 4.62. The van der Waals surface area contributed by atoms with E-state index in [0.717, 1.165) is 24.7 Å². The molecule has 18 heavy (non-hydrogen) atoms. The number of hydrogen-bond acceptors (Lipinski definition) is 2. The quantitative estimate of drug-likeness (QED) is 0.841. The second kappa shape index (κ2) is 4.17. The van der Waals surface area contributed by atoms with Crippen LogP contribution in [0.2, 0.25) is 0 Å². The van der Waals surface area contributed by atoms with Gasteiger partial charge in [0.15, 0.2) is 0 Å². The first kappa shape index (κ1) is 11.3. The molecule has 2 N–H and O–H groups in total. The van der Waals surface area contributed by atoms with Gasteiger partial charge in [-0.15, -0.1) is 0 Å². The molecule has 0 aliphatic carbocycles. The summed E-state index contributed by atoms with van der Waals surface area (Å²) >= 11 is 0. The molecule has 1 aromatic carbocycles. The van der Waals surface area contributed by atoms with Gasteiger partial charge >= 0.3 is 0 Å². The minimum absolute atomic E-state index is 0.123. The van der Waals surface area contributed by atoms with Crippen LogP contribution >= 0.6 is 0 Å². The highest BCUT2D eigenvalue weighted by atomic mass is 19.1. The lowest BCUT2D eigenvalue weighted by molar-refractivity contribution is 0.453. The molecule has 0 unspecified atom stereocenters. The number of aryl methyl sites for hydroxylation is 1. The van der Waals surface area contributed by atoms with E-state index < -0.39 is 11.6 Å². The van der Waals surface area contributed by atoms with E-state index in [2.05, 4.69) is 4.98 Å². The molecule has 5 heteroatoms. The normalized spacial score (nSPS) is 18.7. The third-order valence-corrected chi connectivity index (χ3v) is 3.24. The molecule has 0 bridgehead atoms. The maximum absolute atomic E-state index is 13.7. The minimum atomic E-state index is -0.588. The highest BCUT2D eigenvalue weighted by Gasteiger charge is 2.19. The van der Waals surface area contributed by atoms with Gasteiger partial charge in [-0.05, 0) is 18.6 Å². The third-order valence-electron chi connectivity index (χ3n) is 3.24. The van der Waals surface area contributed by atoms with E-state index in [1.807, 2.05) is 4.57 Å². The first-order valence-corrected chi connectivity index (χ1v) is 5.90. The molecule has 2 aromatic rings. The van der Waals surface area contributed by atoms with Crippen LogP contribution in [0.15, 0.2) is 24.4 Å². The zero-order valence-corrected chi connectivity index (χ0v) is 9.74. The molecule has 0 saturated heterocycles. The van der Waals surface area contributed by atoms with Gasteiger partial charge in [0.2, 0.25) is 0 Å². The Morgan fingerprint density at radius 2 is 2.17 bits per heavy atom. The summed E-state index contributed by atoms with van der Waals surface area (Å²) in [7, 11) is 0. The third kappa shape index (κ3) is 1.90. The second-order valence-corrected chi connectivity index (χ2v) is 4.62. The predicted octanol–water partition coefficient (Wildman–Crippen LogP) is 2.10. The van der Waals surface area contributed by atoms with Gasteiger partial charge in [-0.2, -0.15) is 0 Å². The Morgan fingerprint density at radius 3 is 2.94 bits per heavy atom. The Balaban J connectivity index is 2.02. The molecule has 0 radical (unpaired) electrons. The Hall–Kier alpha value is -1.75. The van der Waals surface area contributed by atoms with Gasteiger partial charge in [-0.1, -0.05) is 0 Å². The number of halogens is 2. The van der Waals surface area contributed by atoms with E-state index in [-0.39, 0.29) is 6.04 Å². The van der Waals surface area contributed by atoms with Crippen molar-refractivity contribution < 1.29 is 8.78 Å². The summed E-state index contributed by atoms with van der Waals surface area (Å²) in [6, 6.07) is 3.65. The number of hydrogen-bond donors (Lipinski definition) is 1. The summed E-state index contributed by atoms with van der Waals surface area (Å²) < 4.78 is 28.5. The van der Waals surface area contributed by atoms with Gasteiger partial charge in [0, 0.05) is 36.8 Å². The van der Waals surface area contributed by atoms with Crippen LogP contribution in [0.25, 0.3) is 11.3 Å². The van der Waals surface area contributed by atoms with Crippen LogP contribution in [0.4, 0.5) is 8.78 Å². The Bertz CT molecular complexity index is 592. The Kier molecular flexibility index (Phi) is 2.63. The van der Waals surface area contributed by atoms with Gasteiger partial charge in [-0.25, -0.2) is 13.8 Å². The lowest BCUT2D eigenvalue weighted by Crippen LogP contribution is -2.31. The standard InChI is InChI=1S/C13H13F2N3/c14-8-1-3-10(11(15)5-8)12-7-18-6-9(16)2-4-13(18)17-12/h1,3,5,7,9H,2,4,6,16H2/t9-/m1/s1. The van der Waals surface area contributed by atoms with Crippen molar-refractivity contribution in [3.63, 3.8) is 0 Å². The largest absolute Gasteiger partial charge is 0.333 e. The topological polar surface area (TPSA) is 43.8 Å². The number of nitrogens with zero attached hydrogens (tertiary/aromatic N) is 2. The van der Waals surface area contributed by atoms with Gasteiger partial charge in [0.05, 0.1) is 5.69 Å². The monoisotopic (exact) mass is 249 g/mol. The summed E-state index contributed by atoms with van der Waals surface area (Å²) in [5, 5.41) is 0. The lowest BCUT2D eigenvalue weighted by Gasteiger charge is -2.19. The van der Waals surface area contributed by atoms with E-state index in [9.17, 15) is 8.78 Å². The molecule has 1 atom stereocenters. The van der Waals surface area contributed by atoms with Crippen molar-refractivity contribution in [2.75, 3.05) is 0 Å². The van der Waals surface area contributed by atoms with Crippen molar-refractivity contribution in [1.82, 2.24) is 9.55 Å². The summed E-state index contributed by atoms with van der Waals surface area (Å²) in [4.78, 5) is 4.39. The minimum Gasteiger partial charge on any atom is -0.333 e. The van der Waals surface area contributed by atoms with Crippen molar-refractivity contribution >= 4 is 0 Å². The molecule has 1 aromatic heterocycles.